The lowest BCUT2D eigenvalue weighted by molar-refractivity contribution is -0.142. The summed E-state index contributed by atoms with van der Waals surface area (Å²) in [5, 5.41) is 13.7. The number of aromatic nitrogens is 3. The summed E-state index contributed by atoms with van der Waals surface area (Å²) in [5.74, 6) is -0.612. The van der Waals surface area contributed by atoms with E-state index in [-0.39, 0.29) is 30.1 Å². The second-order valence-corrected chi connectivity index (χ2v) is 13.4. The zero-order valence-electron chi connectivity index (χ0n) is 26.9. The third kappa shape index (κ3) is 6.63. The highest BCUT2D eigenvalue weighted by atomic mass is 19.1. The van der Waals surface area contributed by atoms with E-state index in [1.54, 1.807) is 15.9 Å². The van der Waals surface area contributed by atoms with Crippen LogP contribution in [0.15, 0.2) is 30.3 Å². The third-order valence-corrected chi connectivity index (χ3v) is 10.4. The minimum Gasteiger partial charge on any atom is -0.436 e. The van der Waals surface area contributed by atoms with Gasteiger partial charge in [0.15, 0.2) is 6.10 Å². The minimum absolute atomic E-state index is 0.105. The lowest BCUT2D eigenvalue weighted by Gasteiger charge is -2.41. The number of aromatic amines is 1. The number of piperidine rings is 3. The molecule has 1 atom stereocenters. The van der Waals surface area contributed by atoms with Gasteiger partial charge in [-0.3, -0.25) is 9.89 Å². The molecule has 3 aromatic rings. The van der Waals surface area contributed by atoms with E-state index < -0.39 is 18.0 Å². The summed E-state index contributed by atoms with van der Waals surface area (Å²) in [6, 6.07) is 8.72. The summed E-state index contributed by atoms with van der Waals surface area (Å²) < 4.78 is 20.3. The van der Waals surface area contributed by atoms with E-state index in [2.05, 4.69) is 25.6 Å². The van der Waals surface area contributed by atoms with Gasteiger partial charge < -0.3 is 29.7 Å². The van der Waals surface area contributed by atoms with Gasteiger partial charge in [-0.05, 0) is 87.4 Å². The van der Waals surface area contributed by atoms with E-state index in [0.717, 1.165) is 48.1 Å². The van der Waals surface area contributed by atoms with Crippen LogP contribution in [-0.2, 0) is 22.5 Å². The van der Waals surface area contributed by atoms with Crippen molar-refractivity contribution in [1.29, 1.82) is 0 Å². The number of halogens is 1. The Labute approximate surface area is 273 Å². The van der Waals surface area contributed by atoms with Crippen molar-refractivity contribution in [3.05, 3.63) is 52.8 Å². The van der Waals surface area contributed by atoms with Crippen LogP contribution in [0.2, 0.25) is 0 Å². The van der Waals surface area contributed by atoms with Crippen LogP contribution in [0, 0.1) is 12.7 Å². The number of rotatable bonds is 6. The third-order valence-electron chi connectivity index (χ3n) is 10.4. The quantitative estimate of drug-likeness (QED) is 0.406. The Kier molecular flexibility index (Phi) is 8.98. The predicted octanol–water partition coefficient (Wildman–Crippen LogP) is 4.44. The molecule has 47 heavy (non-hydrogen) atoms. The van der Waals surface area contributed by atoms with Gasteiger partial charge in [-0.2, -0.15) is 0 Å². The van der Waals surface area contributed by atoms with Gasteiger partial charge in [0.25, 0.3) is 5.91 Å². The maximum Gasteiger partial charge on any atom is 0.410 e. The SMILES string of the molecule is Cc1cc(CC(OC(=O)N2CCC(N3Cc4cccc(F)c4NC3=O)CC2)C(=O)N2CCC(N3CCCCC3)CC2)cc2nn[nH]c12. The highest BCUT2D eigenvalue weighted by molar-refractivity contribution is 5.92. The lowest BCUT2D eigenvalue weighted by atomic mass is 9.98. The fourth-order valence-corrected chi connectivity index (χ4v) is 7.77. The number of aryl methyl sites for hydroxylation is 1. The van der Waals surface area contributed by atoms with Gasteiger partial charge in [-0.25, -0.2) is 14.0 Å². The van der Waals surface area contributed by atoms with Gasteiger partial charge in [-0.15, -0.1) is 5.10 Å². The average molecular weight is 647 g/mol. The number of carbonyl (C=O) groups is 3. The summed E-state index contributed by atoms with van der Waals surface area (Å²) in [5.41, 5.74) is 4.31. The lowest BCUT2D eigenvalue weighted by Crippen LogP contribution is -2.53. The highest BCUT2D eigenvalue weighted by Gasteiger charge is 2.37. The molecule has 0 radical (unpaired) electrons. The summed E-state index contributed by atoms with van der Waals surface area (Å²) in [6.07, 6.45) is 5.45. The molecular formula is C34H43FN8O4. The maximum absolute atomic E-state index is 14.2. The first-order chi connectivity index (χ1) is 22.8. The van der Waals surface area contributed by atoms with Crippen molar-refractivity contribution in [2.24, 2.45) is 0 Å². The van der Waals surface area contributed by atoms with Gasteiger partial charge in [0, 0.05) is 51.2 Å². The number of nitrogens with one attached hydrogen (secondary N) is 2. The van der Waals surface area contributed by atoms with Crippen LogP contribution in [0.3, 0.4) is 0 Å². The Balaban J connectivity index is 1.01. The van der Waals surface area contributed by atoms with Crippen LogP contribution in [0.1, 0.15) is 61.6 Å². The minimum atomic E-state index is -0.977. The molecule has 250 valence electrons. The Bertz CT molecular complexity index is 1630. The molecule has 12 nitrogen and oxygen atoms in total. The molecule has 4 aliphatic rings. The number of anilines is 1. The first kappa shape index (κ1) is 31.3. The van der Waals surface area contributed by atoms with Crippen molar-refractivity contribution in [2.75, 3.05) is 44.6 Å². The standard InChI is InChI=1S/C34H43FN8O4/c1-22-18-23(19-28-30(22)38-39-37-28)20-29(32(44)41-14-8-25(9-15-41)40-12-3-2-4-13-40)47-34(46)42-16-10-26(11-17-42)43-21-24-6-5-7-27(35)31(24)36-33(43)45/h5-7,18-19,25-26,29H,2-4,8-17,20-21H2,1H3,(H,36,45)(H,37,38,39). The molecule has 13 heteroatoms. The maximum atomic E-state index is 14.2. The number of benzene rings is 2. The Morgan fingerprint density at radius 2 is 1.70 bits per heavy atom. The second-order valence-electron chi connectivity index (χ2n) is 13.4. The Hall–Kier alpha value is -4.26. The zero-order valence-corrected chi connectivity index (χ0v) is 26.9. The van der Waals surface area contributed by atoms with Gasteiger partial charge in [0.1, 0.15) is 11.3 Å². The van der Waals surface area contributed by atoms with E-state index in [9.17, 15) is 18.8 Å². The van der Waals surface area contributed by atoms with Crippen molar-refractivity contribution in [2.45, 2.75) is 83.0 Å². The number of nitrogens with zero attached hydrogens (tertiary/aromatic N) is 6. The molecule has 5 heterocycles. The van der Waals surface area contributed by atoms with Crippen LogP contribution >= 0.6 is 0 Å². The van der Waals surface area contributed by atoms with Crippen LogP contribution < -0.4 is 5.32 Å². The van der Waals surface area contributed by atoms with E-state index in [0.29, 0.717) is 57.1 Å². The first-order valence-electron chi connectivity index (χ1n) is 17.0. The molecule has 7 rings (SSSR count). The zero-order chi connectivity index (χ0) is 32.5. The number of ether oxygens (including phenoxy) is 1. The number of fused-ring (bicyclic) bond motifs is 2. The molecule has 0 bridgehead atoms. The van der Waals surface area contributed by atoms with E-state index in [1.165, 1.54) is 25.3 Å². The number of carbonyl (C=O) groups excluding carboxylic acids is 3. The molecule has 4 aliphatic heterocycles. The molecule has 0 saturated carbocycles. The number of amides is 4. The van der Waals surface area contributed by atoms with Crippen molar-refractivity contribution in [3.63, 3.8) is 0 Å². The molecule has 0 spiro atoms. The van der Waals surface area contributed by atoms with Crippen molar-refractivity contribution < 1.29 is 23.5 Å². The van der Waals surface area contributed by atoms with Gasteiger partial charge >= 0.3 is 12.1 Å². The molecule has 3 saturated heterocycles. The van der Waals surface area contributed by atoms with E-state index in [4.69, 9.17) is 4.74 Å². The van der Waals surface area contributed by atoms with E-state index in [1.807, 2.05) is 30.0 Å². The molecule has 2 N–H and O–H groups in total. The largest absolute Gasteiger partial charge is 0.436 e. The monoisotopic (exact) mass is 646 g/mol. The number of para-hydroxylation sites is 1. The Morgan fingerprint density at radius 1 is 0.979 bits per heavy atom. The van der Waals surface area contributed by atoms with Crippen LogP contribution in [0.25, 0.3) is 11.0 Å². The number of hydrogen-bond donors (Lipinski definition) is 2. The van der Waals surface area contributed by atoms with Crippen LogP contribution in [0.5, 0.6) is 0 Å². The van der Waals surface area contributed by atoms with Gasteiger partial charge in [0.2, 0.25) is 0 Å². The summed E-state index contributed by atoms with van der Waals surface area (Å²) in [7, 11) is 0. The molecular weight excluding hydrogens is 603 g/mol. The smallest absolute Gasteiger partial charge is 0.410 e. The molecule has 2 aromatic carbocycles. The van der Waals surface area contributed by atoms with Crippen molar-refractivity contribution in [1.82, 2.24) is 35.0 Å². The normalized spacial score (nSPS) is 20.6. The summed E-state index contributed by atoms with van der Waals surface area (Å²) in [4.78, 5) is 48.3. The highest BCUT2D eigenvalue weighted by Crippen LogP contribution is 2.30. The Morgan fingerprint density at radius 3 is 2.47 bits per heavy atom. The van der Waals surface area contributed by atoms with Crippen molar-refractivity contribution >= 4 is 34.8 Å². The molecule has 1 unspecified atom stereocenters. The number of hydrogen-bond acceptors (Lipinski definition) is 7. The first-order valence-corrected chi connectivity index (χ1v) is 17.0. The number of urea groups is 1. The topological polar surface area (TPSA) is 127 Å². The molecule has 1 aromatic heterocycles. The molecule has 3 fully saturated rings. The number of H-pyrrole nitrogens is 1. The van der Waals surface area contributed by atoms with Gasteiger partial charge in [0.05, 0.1) is 11.2 Å². The number of likely N-dealkylation sites (tertiary alicyclic amines) is 3. The molecule has 4 amide bonds. The summed E-state index contributed by atoms with van der Waals surface area (Å²) in [6.45, 7) is 6.60. The fourth-order valence-electron chi connectivity index (χ4n) is 7.77. The summed E-state index contributed by atoms with van der Waals surface area (Å²) >= 11 is 0. The van der Waals surface area contributed by atoms with Crippen molar-refractivity contribution in [3.8, 4) is 0 Å². The predicted molar refractivity (Wildman–Crippen MR) is 173 cm³/mol. The van der Waals surface area contributed by atoms with E-state index >= 15 is 0 Å². The van der Waals surface area contributed by atoms with Crippen LogP contribution in [0.4, 0.5) is 19.7 Å². The van der Waals surface area contributed by atoms with Crippen LogP contribution in [-0.4, -0.2) is 110 Å². The average Bonchev–Trinajstić information content (AvgIpc) is 3.58. The fraction of sp³-hybridized carbons (Fsp3) is 0.559. The molecule has 0 aliphatic carbocycles. The second kappa shape index (κ2) is 13.5. The van der Waals surface area contributed by atoms with Gasteiger partial charge in [-0.1, -0.05) is 29.8 Å².